The first-order valence-electron chi connectivity index (χ1n) is 8.23. The number of carbonyl (C=O) groups excluding carboxylic acids is 2. The molecule has 1 heterocycles. The molecule has 0 aliphatic carbocycles. The summed E-state index contributed by atoms with van der Waals surface area (Å²) in [4.78, 5) is 25.4. The molecule has 130 valence electrons. The number of benzene rings is 2. The topological polar surface area (TPSA) is 67.4 Å². The zero-order valence-corrected chi connectivity index (χ0v) is 15.0. The zero-order valence-electron chi connectivity index (χ0n) is 14.2. The number of amides is 2. The molecule has 0 fully saturated rings. The summed E-state index contributed by atoms with van der Waals surface area (Å²) in [6.45, 7) is 4.48. The van der Waals surface area contributed by atoms with Crippen LogP contribution >= 0.6 is 11.8 Å². The van der Waals surface area contributed by atoms with Crippen LogP contribution in [-0.2, 0) is 4.79 Å². The van der Waals surface area contributed by atoms with E-state index >= 15 is 0 Å². The molecule has 1 atom stereocenters. The van der Waals surface area contributed by atoms with Gasteiger partial charge in [0.2, 0.25) is 5.91 Å². The molecule has 3 rings (SSSR count). The molecule has 0 radical (unpaired) electrons. The number of thioether (sulfide) groups is 1. The van der Waals surface area contributed by atoms with Gasteiger partial charge in [-0.2, -0.15) is 0 Å². The van der Waals surface area contributed by atoms with Gasteiger partial charge in [0.25, 0.3) is 5.91 Å². The van der Waals surface area contributed by atoms with Crippen molar-refractivity contribution in [1.29, 1.82) is 0 Å². The Morgan fingerprint density at radius 3 is 2.88 bits per heavy atom. The van der Waals surface area contributed by atoms with Crippen LogP contribution in [0.15, 0.2) is 47.4 Å². The van der Waals surface area contributed by atoms with Gasteiger partial charge in [0.1, 0.15) is 5.75 Å². The lowest BCUT2D eigenvalue weighted by Gasteiger charge is -2.21. The molecule has 25 heavy (non-hydrogen) atoms. The maximum absolute atomic E-state index is 12.6. The lowest BCUT2D eigenvalue weighted by atomic mass is 10.1. The van der Waals surface area contributed by atoms with Gasteiger partial charge in [0, 0.05) is 10.5 Å². The standard InChI is InChI=1S/C19H20N2O3S/c1-3-10-24-16-7-5-4-6-14(16)20-19(23)13-8-9-17-15(11-13)21-18(22)12(2)25-17/h4-9,11-12H,3,10H2,1-2H3,(H,20,23)(H,21,22). The number of hydrogen-bond donors (Lipinski definition) is 2. The minimum Gasteiger partial charge on any atom is -0.491 e. The number of carbonyl (C=O) groups is 2. The highest BCUT2D eigenvalue weighted by Crippen LogP contribution is 2.36. The molecule has 5 nitrogen and oxygen atoms in total. The lowest BCUT2D eigenvalue weighted by Crippen LogP contribution is -2.26. The smallest absolute Gasteiger partial charge is 0.255 e. The van der Waals surface area contributed by atoms with Crippen molar-refractivity contribution < 1.29 is 14.3 Å². The minimum atomic E-state index is -0.242. The van der Waals surface area contributed by atoms with Crippen LogP contribution < -0.4 is 15.4 Å². The molecular formula is C19H20N2O3S. The summed E-state index contributed by atoms with van der Waals surface area (Å²) in [6.07, 6.45) is 0.892. The molecule has 0 saturated heterocycles. The first-order chi connectivity index (χ1) is 12.1. The van der Waals surface area contributed by atoms with E-state index < -0.39 is 0 Å². The predicted molar refractivity (Wildman–Crippen MR) is 101 cm³/mol. The highest BCUT2D eigenvalue weighted by atomic mass is 32.2. The third-order valence-electron chi connectivity index (χ3n) is 3.77. The summed E-state index contributed by atoms with van der Waals surface area (Å²) in [5, 5.41) is 5.59. The molecule has 0 spiro atoms. The first-order valence-corrected chi connectivity index (χ1v) is 9.11. The molecule has 0 aromatic heterocycles. The normalized spacial score (nSPS) is 15.9. The fraction of sp³-hybridized carbons (Fsp3) is 0.263. The van der Waals surface area contributed by atoms with Crippen molar-refractivity contribution in [2.75, 3.05) is 17.2 Å². The van der Waals surface area contributed by atoms with E-state index in [-0.39, 0.29) is 17.1 Å². The Hall–Kier alpha value is -2.47. The maximum atomic E-state index is 12.6. The number of ether oxygens (including phenoxy) is 1. The average molecular weight is 356 g/mol. The van der Waals surface area contributed by atoms with E-state index in [0.717, 1.165) is 11.3 Å². The number of rotatable bonds is 5. The Morgan fingerprint density at radius 1 is 1.28 bits per heavy atom. The summed E-state index contributed by atoms with van der Waals surface area (Å²) in [5.74, 6) is 0.356. The fourth-order valence-electron chi connectivity index (χ4n) is 2.45. The lowest BCUT2D eigenvalue weighted by molar-refractivity contribution is -0.115. The zero-order chi connectivity index (χ0) is 17.8. The van der Waals surface area contributed by atoms with Crippen molar-refractivity contribution >= 4 is 35.0 Å². The Labute approximate surface area is 151 Å². The van der Waals surface area contributed by atoms with Gasteiger partial charge >= 0.3 is 0 Å². The molecule has 2 amide bonds. The van der Waals surface area contributed by atoms with Crippen LogP contribution in [0, 0.1) is 0 Å². The highest BCUT2D eigenvalue weighted by Gasteiger charge is 2.23. The Balaban J connectivity index is 1.79. The Bertz CT molecular complexity index is 807. The number of fused-ring (bicyclic) bond motifs is 1. The van der Waals surface area contributed by atoms with Crippen molar-refractivity contribution in [3.05, 3.63) is 48.0 Å². The van der Waals surface area contributed by atoms with Gasteiger partial charge in [-0.1, -0.05) is 19.1 Å². The average Bonchev–Trinajstić information content (AvgIpc) is 2.61. The minimum absolute atomic E-state index is 0.0478. The third kappa shape index (κ3) is 3.96. The van der Waals surface area contributed by atoms with E-state index in [1.807, 2.05) is 38.1 Å². The maximum Gasteiger partial charge on any atom is 0.255 e. The third-order valence-corrected chi connectivity index (χ3v) is 4.95. The quantitative estimate of drug-likeness (QED) is 0.844. The number of nitrogens with one attached hydrogen (secondary N) is 2. The van der Waals surface area contributed by atoms with E-state index in [9.17, 15) is 9.59 Å². The largest absolute Gasteiger partial charge is 0.491 e. The van der Waals surface area contributed by atoms with Gasteiger partial charge in [0.05, 0.1) is 23.2 Å². The first kappa shape index (κ1) is 17.4. The fourth-order valence-corrected chi connectivity index (χ4v) is 3.38. The van der Waals surface area contributed by atoms with Crippen molar-refractivity contribution in [2.45, 2.75) is 30.4 Å². The van der Waals surface area contributed by atoms with Crippen molar-refractivity contribution in [3.8, 4) is 5.75 Å². The van der Waals surface area contributed by atoms with Crippen LogP contribution in [0.4, 0.5) is 11.4 Å². The molecule has 1 unspecified atom stereocenters. The van der Waals surface area contributed by atoms with Crippen molar-refractivity contribution in [2.24, 2.45) is 0 Å². The molecule has 2 aromatic rings. The Kier molecular flexibility index (Phi) is 5.28. The van der Waals surface area contributed by atoms with E-state index in [1.54, 1.807) is 18.2 Å². The van der Waals surface area contributed by atoms with Crippen LogP contribution in [0.2, 0.25) is 0 Å². The van der Waals surface area contributed by atoms with Crippen LogP contribution in [0.5, 0.6) is 5.75 Å². The molecule has 2 N–H and O–H groups in total. The highest BCUT2D eigenvalue weighted by molar-refractivity contribution is 8.00. The van der Waals surface area contributed by atoms with Gasteiger partial charge in [0.15, 0.2) is 0 Å². The monoisotopic (exact) mass is 356 g/mol. The second-order valence-electron chi connectivity index (χ2n) is 5.76. The number of hydrogen-bond acceptors (Lipinski definition) is 4. The van der Waals surface area contributed by atoms with Gasteiger partial charge in [-0.15, -0.1) is 11.8 Å². The van der Waals surface area contributed by atoms with E-state index in [2.05, 4.69) is 10.6 Å². The number of anilines is 2. The van der Waals surface area contributed by atoms with Gasteiger partial charge in [-0.05, 0) is 43.7 Å². The van der Waals surface area contributed by atoms with E-state index in [1.165, 1.54) is 11.8 Å². The molecular weight excluding hydrogens is 336 g/mol. The van der Waals surface area contributed by atoms with Crippen molar-refractivity contribution in [3.63, 3.8) is 0 Å². The van der Waals surface area contributed by atoms with Crippen LogP contribution in [0.3, 0.4) is 0 Å². The Morgan fingerprint density at radius 2 is 2.08 bits per heavy atom. The molecule has 1 aliphatic heterocycles. The molecule has 6 heteroatoms. The molecule has 1 aliphatic rings. The second kappa shape index (κ2) is 7.61. The SMILES string of the molecule is CCCOc1ccccc1NC(=O)c1ccc2c(c1)NC(=O)C(C)S2. The summed E-state index contributed by atoms with van der Waals surface area (Å²) in [7, 11) is 0. The van der Waals surface area contributed by atoms with Crippen LogP contribution in [-0.4, -0.2) is 23.7 Å². The van der Waals surface area contributed by atoms with Crippen molar-refractivity contribution in [1.82, 2.24) is 0 Å². The molecule has 2 aromatic carbocycles. The number of para-hydroxylation sites is 2. The summed E-state index contributed by atoms with van der Waals surface area (Å²) < 4.78 is 5.66. The summed E-state index contributed by atoms with van der Waals surface area (Å²) in [5.41, 5.74) is 1.79. The second-order valence-corrected chi connectivity index (χ2v) is 7.14. The molecule has 0 saturated carbocycles. The van der Waals surface area contributed by atoms with E-state index in [0.29, 0.717) is 29.3 Å². The van der Waals surface area contributed by atoms with Gasteiger partial charge in [-0.3, -0.25) is 9.59 Å². The summed E-state index contributed by atoms with van der Waals surface area (Å²) in [6, 6.07) is 12.7. The van der Waals surface area contributed by atoms with Crippen LogP contribution in [0.25, 0.3) is 0 Å². The van der Waals surface area contributed by atoms with E-state index in [4.69, 9.17) is 4.74 Å². The van der Waals surface area contributed by atoms with Gasteiger partial charge < -0.3 is 15.4 Å². The predicted octanol–water partition coefficient (Wildman–Crippen LogP) is 4.16. The molecule has 0 bridgehead atoms. The van der Waals surface area contributed by atoms with Crippen LogP contribution in [0.1, 0.15) is 30.6 Å². The van der Waals surface area contributed by atoms with Gasteiger partial charge in [-0.25, -0.2) is 0 Å². The summed E-state index contributed by atoms with van der Waals surface area (Å²) >= 11 is 1.49.